The Balaban J connectivity index is 1.90. The zero-order chi connectivity index (χ0) is 21.1. The summed E-state index contributed by atoms with van der Waals surface area (Å²) in [6, 6.07) is 6.67. The molecule has 0 aliphatic heterocycles. The topological polar surface area (TPSA) is 96.3 Å². The average Bonchev–Trinajstić information content (AvgIpc) is 3.04. The lowest BCUT2D eigenvalue weighted by molar-refractivity contribution is -0.118. The molecule has 0 bridgehead atoms. The van der Waals surface area contributed by atoms with Crippen molar-refractivity contribution in [1.82, 2.24) is 15.1 Å². The molecule has 0 saturated heterocycles. The fourth-order valence-corrected chi connectivity index (χ4v) is 3.17. The van der Waals surface area contributed by atoms with E-state index in [0.29, 0.717) is 22.9 Å². The quantitative estimate of drug-likeness (QED) is 0.669. The third kappa shape index (κ3) is 4.60. The van der Waals surface area contributed by atoms with E-state index in [-0.39, 0.29) is 29.6 Å². The van der Waals surface area contributed by atoms with Crippen molar-refractivity contribution in [2.75, 3.05) is 5.32 Å². The fraction of sp³-hybridized carbons (Fsp3) is 0.500. The molecule has 1 heterocycles. The van der Waals surface area contributed by atoms with Crippen molar-refractivity contribution in [1.29, 1.82) is 0 Å². The Morgan fingerprint density at radius 1 is 1.24 bits per heavy atom. The van der Waals surface area contributed by atoms with Gasteiger partial charge in [-0.1, -0.05) is 27.2 Å². The third-order valence-electron chi connectivity index (χ3n) is 5.50. The van der Waals surface area contributed by atoms with Crippen LogP contribution in [-0.4, -0.2) is 32.9 Å². The van der Waals surface area contributed by atoms with Crippen molar-refractivity contribution in [3.63, 3.8) is 0 Å². The van der Waals surface area contributed by atoms with Crippen LogP contribution in [0.1, 0.15) is 65.0 Å². The van der Waals surface area contributed by atoms with Crippen molar-refractivity contribution in [3.05, 3.63) is 30.0 Å². The van der Waals surface area contributed by atoms with Crippen molar-refractivity contribution < 1.29 is 14.7 Å². The first-order valence-corrected chi connectivity index (χ1v) is 10.3. The normalized spacial score (nSPS) is 15.1. The van der Waals surface area contributed by atoms with E-state index in [2.05, 4.69) is 15.7 Å². The van der Waals surface area contributed by atoms with Gasteiger partial charge in [-0.25, -0.2) is 4.79 Å². The summed E-state index contributed by atoms with van der Waals surface area (Å²) < 4.78 is 1.44. The molecule has 7 heteroatoms. The number of hydrogen-bond donors (Lipinski definition) is 3. The number of amides is 2. The van der Waals surface area contributed by atoms with Crippen LogP contribution in [0.5, 0.6) is 5.75 Å². The summed E-state index contributed by atoms with van der Waals surface area (Å²) in [6.45, 7) is 7.59. The lowest BCUT2D eigenvalue weighted by Crippen LogP contribution is -2.37. The molecule has 1 unspecified atom stereocenters. The highest BCUT2D eigenvalue weighted by Crippen LogP contribution is 2.39. The summed E-state index contributed by atoms with van der Waals surface area (Å²) in [6.07, 6.45) is 4.05. The molecule has 1 saturated carbocycles. The number of phenolic OH excluding ortho intramolecular Hbond substituents is 1. The number of aromatic nitrogens is 2. The highest BCUT2D eigenvalue weighted by molar-refractivity contribution is 5.92. The highest BCUT2D eigenvalue weighted by Gasteiger charge is 2.28. The van der Waals surface area contributed by atoms with Crippen LogP contribution < -0.4 is 10.6 Å². The van der Waals surface area contributed by atoms with E-state index in [1.54, 1.807) is 12.1 Å². The monoisotopic (exact) mass is 398 g/mol. The number of nitrogens with one attached hydrogen (secondary N) is 2. The molecule has 2 amide bonds. The number of carbonyl (C=O) groups excluding carboxylic acids is 2. The van der Waals surface area contributed by atoms with Crippen molar-refractivity contribution in [3.8, 4) is 17.0 Å². The van der Waals surface area contributed by atoms with Crippen molar-refractivity contribution >= 4 is 17.6 Å². The van der Waals surface area contributed by atoms with E-state index in [4.69, 9.17) is 0 Å². The fourth-order valence-electron chi connectivity index (χ4n) is 3.17. The van der Waals surface area contributed by atoms with Crippen LogP contribution in [0.25, 0.3) is 11.3 Å². The van der Waals surface area contributed by atoms with Gasteiger partial charge in [0, 0.05) is 35.2 Å². The molecule has 3 rings (SSSR count). The predicted molar refractivity (Wildman–Crippen MR) is 113 cm³/mol. The summed E-state index contributed by atoms with van der Waals surface area (Å²) in [5.41, 5.74) is 2.48. The molecule has 0 spiro atoms. The molecule has 2 aromatic rings. The van der Waals surface area contributed by atoms with Crippen molar-refractivity contribution in [2.45, 2.75) is 65.3 Å². The maximum absolute atomic E-state index is 12.7. The molecule has 29 heavy (non-hydrogen) atoms. The maximum Gasteiger partial charge on any atom is 0.342 e. The van der Waals surface area contributed by atoms with E-state index >= 15 is 0 Å². The van der Waals surface area contributed by atoms with Gasteiger partial charge in [0.15, 0.2) is 0 Å². The van der Waals surface area contributed by atoms with E-state index in [1.165, 1.54) is 10.7 Å². The Kier molecular flexibility index (Phi) is 6.25. The molecule has 7 nitrogen and oxygen atoms in total. The standard InChI is InChI=1S/C22H30N4O3/c1-5-14(4)23-22(29)26-19(15-7-6-8-15)12-18(25-26)17-10-9-16(11-20(17)27)24-21(28)13(2)3/h9-15,27H,5-8H2,1-4H3,(H,23,29)(H,24,28). The molecule has 1 atom stereocenters. The highest BCUT2D eigenvalue weighted by atomic mass is 16.3. The summed E-state index contributed by atoms with van der Waals surface area (Å²) >= 11 is 0. The largest absolute Gasteiger partial charge is 0.507 e. The molecule has 1 aromatic carbocycles. The van der Waals surface area contributed by atoms with Crippen LogP contribution in [0.15, 0.2) is 24.3 Å². The molecule has 3 N–H and O–H groups in total. The summed E-state index contributed by atoms with van der Waals surface area (Å²) in [4.78, 5) is 24.6. The van der Waals surface area contributed by atoms with Gasteiger partial charge >= 0.3 is 6.03 Å². The molecule has 0 radical (unpaired) electrons. The first kappa shape index (κ1) is 20.9. The molecule has 1 aliphatic carbocycles. The minimum Gasteiger partial charge on any atom is -0.507 e. The van der Waals surface area contributed by atoms with E-state index in [9.17, 15) is 14.7 Å². The van der Waals surface area contributed by atoms with Gasteiger partial charge in [-0.2, -0.15) is 9.78 Å². The zero-order valence-corrected chi connectivity index (χ0v) is 17.5. The first-order valence-electron chi connectivity index (χ1n) is 10.3. The minimum atomic E-state index is -0.243. The van der Waals surface area contributed by atoms with Gasteiger partial charge in [-0.3, -0.25) is 4.79 Å². The van der Waals surface area contributed by atoms with E-state index in [0.717, 1.165) is 31.4 Å². The average molecular weight is 399 g/mol. The van der Waals surface area contributed by atoms with Crippen molar-refractivity contribution in [2.24, 2.45) is 5.92 Å². The van der Waals surface area contributed by atoms with Gasteiger partial charge in [-0.05, 0) is 44.4 Å². The number of anilines is 1. The third-order valence-corrected chi connectivity index (χ3v) is 5.50. The lowest BCUT2D eigenvalue weighted by Gasteiger charge is -2.25. The number of aromatic hydroxyl groups is 1. The Morgan fingerprint density at radius 2 is 1.97 bits per heavy atom. The molecule has 156 valence electrons. The van der Waals surface area contributed by atoms with Crippen LogP contribution in [0.4, 0.5) is 10.5 Å². The minimum absolute atomic E-state index is 0.0127. The SMILES string of the molecule is CCC(C)NC(=O)n1nc(-c2ccc(NC(=O)C(C)C)cc2O)cc1C1CCC1. The number of phenols is 1. The Morgan fingerprint density at radius 3 is 2.52 bits per heavy atom. The lowest BCUT2D eigenvalue weighted by atomic mass is 9.82. The number of hydrogen-bond acceptors (Lipinski definition) is 4. The second-order valence-corrected chi connectivity index (χ2v) is 8.13. The van der Waals surface area contributed by atoms with Crippen LogP contribution >= 0.6 is 0 Å². The molecular weight excluding hydrogens is 368 g/mol. The second kappa shape index (κ2) is 8.68. The summed E-state index contributed by atoms with van der Waals surface area (Å²) in [7, 11) is 0. The number of rotatable bonds is 6. The second-order valence-electron chi connectivity index (χ2n) is 8.13. The Hall–Kier alpha value is -2.83. The summed E-state index contributed by atoms with van der Waals surface area (Å²) in [5.74, 6) is 0.0568. The zero-order valence-electron chi connectivity index (χ0n) is 17.5. The van der Waals surface area contributed by atoms with Crippen LogP contribution in [0.3, 0.4) is 0 Å². The van der Waals surface area contributed by atoms with Gasteiger partial charge in [0.05, 0.1) is 11.4 Å². The van der Waals surface area contributed by atoms with E-state index in [1.807, 2.05) is 33.8 Å². The van der Waals surface area contributed by atoms with Crippen LogP contribution in [-0.2, 0) is 4.79 Å². The maximum atomic E-state index is 12.7. The number of benzene rings is 1. The summed E-state index contributed by atoms with van der Waals surface area (Å²) in [5, 5.41) is 20.8. The molecule has 1 aromatic heterocycles. The van der Waals surface area contributed by atoms with Crippen LogP contribution in [0, 0.1) is 5.92 Å². The molecule has 1 fully saturated rings. The number of carbonyl (C=O) groups is 2. The van der Waals surface area contributed by atoms with E-state index < -0.39 is 0 Å². The Bertz CT molecular complexity index is 899. The predicted octanol–water partition coefficient (Wildman–Crippen LogP) is 4.47. The smallest absolute Gasteiger partial charge is 0.342 e. The number of nitrogens with zero attached hydrogens (tertiary/aromatic N) is 2. The Labute approximate surface area is 171 Å². The van der Waals surface area contributed by atoms with Gasteiger partial charge < -0.3 is 15.7 Å². The van der Waals surface area contributed by atoms with Gasteiger partial charge in [0.1, 0.15) is 5.75 Å². The first-order chi connectivity index (χ1) is 13.8. The van der Waals surface area contributed by atoms with Gasteiger partial charge in [-0.15, -0.1) is 0 Å². The molecule has 1 aliphatic rings. The van der Waals surface area contributed by atoms with Gasteiger partial charge in [0.25, 0.3) is 0 Å². The molecular formula is C22H30N4O3. The van der Waals surface area contributed by atoms with Gasteiger partial charge in [0.2, 0.25) is 5.91 Å². The van der Waals surface area contributed by atoms with Crippen LogP contribution in [0.2, 0.25) is 0 Å².